The molecule has 1 N–H and O–H groups in total. The molecular weight excluding hydrogens is 199 g/mol. The Morgan fingerprint density at radius 3 is 2.75 bits per heavy atom. The van der Waals surface area contributed by atoms with Crippen molar-refractivity contribution < 1.29 is 0 Å². The lowest BCUT2D eigenvalue weighted by Crippen LogP contribution is -2.28. The normalized spacial score (nSPS) is 14.1. The lowest BCUT2D eigenvalue weighted by Gasteiger charge is -2.14. The van der Waals surface area contributed by atoms with E-state index in [9.17, 15) is 0 Å². The fourth-order valence-electron chi connectivity index (χ4n) is 1.24. The maximum Gasteiger partial charge on any atom is 0.147 e. The Morgan fingerprint density at radius 2 is 2.08 bits per heavy atom. The maximum atomic E-state index is 4.01. The summed E-state index contributed by atoms with van der Waals surface area (Å²) in [7, 11) is 0. The van der Waals surface area contributed by atoms with Gasteiger partial charge in [0, 0.05) is 13.1 Å². The van der Waals surface area contributed by atoms with Crippen LogP contribution in [0.25, 0.3) is 0 Å². The number of aromatic nitrogens is 3. The molecule has 0 saturated carbocycles. The van der Waals surface area contributed by atoms with Crippen molar-refractivity contribution in [2.24, 2.45) is 0 Å². The Kier molecular flexibility index (Phi) is 4.52. The van der Waals surface area contributed by atoms with Gasteiger partial charge in [0.2, 0.25) is 0 Å². The lowest BCUT2D eigenvalue weighted by atomic mass is 10.4. The molecule has 6 heteroatoms. The molecule has 0 aliphatic carbocycles. The summed E-state index contributed by atoms with van der Waals surface area (Å²) in [5, 5.41) is 11.2. The predicted molar refractivity (Wildman–Crippen MR) is 51.0 cm³/mol. The largest absolute Gasteiger partial charge is 0.313 e. The zero-order chi connectivity index (χ0) is 6.97. The van der Waals surface area contributed by atoms with Crippen LogP contribution in [0.5, 0.6) is 0 Å². The fraction of sp³-hybridized carbons (Fsp3) is 0.667. The number of fused-ring (bicyclic) bond motifs is 1. The van der Waals surface area contributed by atoms with Gasteiger partial charge in [-0.05, 0) is 6.92 Å². The van der Waals surface area contributed by atoms with Gasteiger partial charge in [-0.15, -0.1) is 35.0 Å². The molecule has 0 amide bonds. The average molecular weight is 211 g/mol. The van der Waals surface area contributed by atoms with Crippen molar-refractivity contribution in [1.82, 2.24) is 20.1 Å². The van der Waals surface area contributed by atoms with Crippen LogP contribution in [-0.4, -0.2) is 21.3 Å². The molecule has 0 spiro atoms. The van der Waals surface area contributed by atoms with Crippen LogP contribution in [0.2, 0.25) is 0 Å². The summed E-state index contributed by atoms with van der Waals surface area (Å²) in [5.74, 6) is 2.08. The summed E-state index contributed by atoms with van der Waals surface area (Å²) in [4.78, 5) is 0. The first-order valence-corrected chi connectivity index (χ1v) is 3.47. The molecule has 0 radical (unpaired) electrons. The third kappa shape index (κ3) is 1.88. The number of rotatable bonds is 0. The third-order valence-corrected chi connectivity index (χ3v) is 1.81. The van der Waals surface area contributed by atoms with Gasteiger partial charge in [0.05, 0.1) is 6.54 Å². The summed E-state index contributed by atoms with van der Waals surface area (Å²) < 4.78 is 2.15. The van der Waals surface area contributed by atoms with Crippen LogP contribution >= 0.6 is 24.8 Å². The van der Waals surface area contributed by atoms with Crippen molar-refractivity contribution in [3.05, 3.63) is 11.6 Å². The van der Waals surface area contributed by atoms with E-state index in [-0.39, 0.29) is 24.8 Å². The summed E-state index contributed by atoms with van der Waals surface area (Å²) in [5.41, 5.74) is 0. The van der Waals surface area contributed by atoms with E-state index in [1.165, 1.54) is 0 Å². The highest BCUT2D eigenvalue weighted by Crippen LogP contribution is 2.03. The van der Waals surface area contributed by atoms with Crippen molar-refractivity contribution in [3.63, 3.8) is 0 Å². The van der Waals surface area contributed by atoms with Crippen molar-refractivity contribution in [2.75, 3.05) is 6.54 Å². The third-order valence-electron chi connectivity index (χ3n) is 1.81. The number of hydrogen-bond donors (Lipinski definition) is 1. The molecule has 0 bridgehead atoms. The molecule has 70 valence electrons. The second-order valence-electron chi connectivity index (χ2n) is 2.49. The number of hydrogen-bond acceptors (Lipinski definition) is 3. The average Bonchev–Trinajstić information content (AvgIpc) is 2.34. The van der Waals surface area contributed by atoms with E-state index in [4.69, 9.17) is 0 Å². The Hall–Kier alpha value is -0.320. The molecule has 2 heterocycles. The Balaban J connectivity index is 0.000000605. The molecule has 0 saturated heterocycles. The molecule has 1 aromatic heterocycles. The van der Waals surface area contributed by atoms with Gasteiger partial charge in [-0.25, -0.2) is 0 Å². The second kappa shape index (κ2) is 4.64. The SMILES string of the molecule is Cc1nnc2n1CCNC2.Cl.Cl. The summed E-state index contributed by atoms with van der Waals surface area (Å²) >= 11 is 0. The Morgan fingerprint density at radius 1 is 1.33 bits per heavy atom. The van der Waals surface area contributed by atoms with E-state index in [1.54, 1.807) is 0 Å². The first kappa shape index (κ1) is 11.7. The zero-order valence-corrected chi connectivity index (χ0v) is 8.41. The minimum absolute atomic E-state index is 0. The molecular formula is C6H12Cl2N4. The predicted octanol–water partition coefficient (Wildman–Crippen LogP) is 0.533. The second-order valence-corrected chi connectivity index (χ2v) is 2.49. The Bertz CT molecular complexity index is 248. The van der Waals surface area contributed by atoms with Crippen LogP contribution in [0.1, 0.15) is 11.6 Å². The molecule has 1 aliphatic heterocycles. The van der Waals surface area contributed by atoms with Crippen LogP contribution in [0.15, 0.2) is 0 Å². The van der Waals surface area contributed by atoms with E-state index in [0.717, 1.165) is 31.3 Å². The summed E-state index contributed by atoms with van der Waals surface area (Å²) in [6, 6.07) is 0. The van der Waals surface area contributed by atoms with Crippen molar-refractivity contribution >= 4 is 24.8 Å². The van der Waals surface area contributed by atoms with Gasteiger partial charge in [-0.3, -0.25) is 0 Å². The van der Waals surface area contributed by atoms with E-state index in [1.807, 2.05) is 6.92 Å². The molecule has 12 heavy (non-hydrogen) atoms. The van der Waals surface area contributed by atoms with E-state index < -0.39 is 0 Å². The molecule has 0 fully saturated rings. The van der Waals surface area contributed by atoms with Gasteiger partial charge in [0.25, 0.3) is 0 Å². The van der Waals surface area contributed by atoms with Crippen LogP contribution in [0, 0.1) is 6.92 Å². The molecule has 0 unspecified atom stereocenters. The Labute approximate surface area is 83.6 Å². The van der Waals surface area contributed by atoms with Gasteiger partial charge in [0.15, 0.2) is 0 Å². The van der Waals surface area contributed by atoms with E-state index in [2.05, 4.69) is 20.1 Å². The molecule has 1 aliphatic rings. The molecule has 2 rings (SSSR count). The summed E-state index contributed by atoms with van der Waals surface area (Å²) in [6.07, 6.45) is 0. The van der Waals surface area contributed by atoms with Crippen molar-refractivity contribution in [1.29, 1.82) is 0 Å². The number of halogens is 2. The van der Waals surface area contributed by atoms with Gasteiger partial charge in [-0.2, -0.15) is 0 Å². The molecule has 1 aromatic rings. The smallest absolute Gasteiger partial charge is 0.147 e. The van der Waals surface area contributed by atoms with Crippen molar-refractivity contribution in [3.8, 4) is 0 Å². The lowest BCUT2D eigenvalue weighted by molar-refractivity contribution is 0.499. The monoisotopic (exact) mass is 210 g/mol. The zero-order valence-electron chi connectivity index (χ0n) is 6.78. The van der Waals surface area contributed by atoms with Crippen LogP contribution in [0.4, 0.5) is 0 Å². The van der Waals surface area contributed by atoms with Crippen molar-refractivity contribution in [2.45, 2.75) is 20.0 Å². The minimum Gasteiger partial charge on any atom is -0.313 e. The van der Waals surface area contributed by atoms with Gasteiger partial charge < -0.3 is 9.88 Å². The van der Waals surface area contributed by atoms with Crippen LogP contribution in [-0.2, 0) is 13.1 Å². The first-order chi connectivity index (χ1) is 4.88. The van der Waals surface area contributed by atoms with Gasteiger partial charge >= 0.3 is 0 Å². The van der Waals surface area contributed by atoms with E-state index in [0.29, 0.717) is 0 Å². The van der Waals surface area contributed by atoms with Gasteiger partial charge in [-0.1, -0.05) is 0 Å². The van der Waals surface area contributed by atoms with Crippen LogP contribution in [0.3, 0.4) is 0 Å². The standard InChI is InChI=1S/C6H10N4.2ClH/c1-5-8-9-6-4-7-2-3-10(5)6;;/h7H,2-4H2,1H3;2*1H. The molecule has 0 atom stereocenters. The minimum atomic E-state index is 0. The fourth-order valence-corrected chi connectivity index (χ4v) is 1.24. The molecule has 0 aromatic carbocycles. The van der Waals surface area contributed by atoms with Gasteiger partial charge in [0.1, 0.15) is 11.6 Å². The van der Waals surface area contributed by atoms with Crippen LogP contribution < -0.4 is 5.32 Å². The number of nitrogens with zero attached hydrogens (tertiary/aromatic N) is 3. The molecule has 4 nitrogen and oxygen atoms in total. The highest BCUT2D eigenvalue weighted by molar-refractivity contribution is 5.85. The highest BCUT2D eigenvalue weighted by Gasteiger charge is 2.11. The highest BCUT2D eigenvalue weighted by atomic mass is 35.5. The number of nitrogens with one attached hydrogen (secondary N) is 1. The topological polar surface area (TPSA) is 42.7 Å². The number of aryl methyl sites for hydroxylation is 1. The van der Waals surface area contributed by atoms with E-state index >= 15 is 0 Å². The first-order valence-electron chi connectivity index (χ1n) is 3.47. The maximum absolute atomic E-state index is 4.01. The quantitative estimate of drug-likeness (QED) is 0.680. The summed E-state index contributed by atoms with van der Waals surface area (Å²) in [6.45, 7) is 4.89.